The summed E-state index contributed by atoms with van der Waals surface area (Å²) < 4.78 is 4.84. The van der Waals surface area contributed by atoms with Gasteiger partial charge in [-0.2, -0.15) is 0 Å². The molecule has 19 heavy (non-hydrogen) atoms. The van der Waals surface area contributed by atoms with Crippen LogP contribution in [0.5, 0.6) is 0 Å². The lowest BCUT2D eigenvalue weighted by Crippen LogP contribution is -2.49. The van der Waals surface area contributed by atoms with Gasteiger partial charge in [-0.3, -0.25) is 4.90 Å². The highest BCUT2D eigenvalue weighted by Crippen LogP contribution is 2.17. The first-order chi connectivity index (χ1) is 9.11. The van der Waals surface area contributed by atoms with Gasteiger partial charge in [0.25, 0.3) is 0 Å². The molecule has 1 aromatic carbocycles. The molecule has 1 aromatic rings. The third kappa shape index (κ3) is 3.33. The van der Waals surface area contributed by atoms with Crippen LogP contribution in [-0.2, 0) is 11.3 Å². The van der Waals surface area contributed by atoms with E-state index < -0.39 is 0 Å². The summed E-state index contributed by atoms with van der Waals surface area (Å²) in [4.78, 5) is 16.5. The van der Waals surface area contributed by atoms with Crippen molar-refractivity contribution in [2.75, 3.05) is 33.8 Å². The highest BCUT2D eigenvalue weighted by Gasteiger charge is 2.23. The lowest BCUT2D eigenvalue weighted by molar-refractivity contribution is 0.0593. The van der Waals surface area contributed by atoms with Gasteiger partial charge in [-0.15, -0.1) is 0 Å². The van der Waals surface area contributed by atoms with Crippen molar-refractivity contribution in [3.63, 3.8) is 0 Å². The maximum atomic E-state index is 11.8. The molecule has 0 amide bonds. The molecule has 4 heteroatoms. The van der Waals surface area contributed by atoms with Crippen LogP contribution in [0.2, 0.25) is 0 Å². The first-order valence-electron chi connectivity index (χ1n) is 6.70. The molecule has 0 radical (unpaired) electrons. The van der Waals surface area contributed by atoms with E-state index in [1.807, 2.05) is 24.3 Å². The van der Waals surface area contributed by atoms with Crippen LogP contribution in [0.4, 0.5) is 0 Å². The number of likely N-dealkylation sites (N-methyl/N-ethyl adjacent to an activating group) is 1. The molecule has 0 aliphatic carbocycles. The third-order valence-electron chi connectivity index (χ3n) is 3.76. The van der Waals surface area contributed by atoms with E-state index in [4.69, 9.17) is 4.74 Å². The van der Waals surface area contributed by atoms with E-state index in [2.05, 4.69) is 23.8 Å². The molecular weight excluding hydrogens is 240 g/mol. The predicted octanol–water partition coefficient (Wildman–Crippen LogP) is 1.61. The predicted molar refractivity (Wildman–Crippen MR) is 75.2 cm³/mol. The minimum Gasteiger partial charge on any atom is -0.465 e. The van der Waals surface area contributed by atoms with Gasteiger partial charge in [0.1, 0.15) is 0 Å². The maximum absolute atomic E-state index is 11.8. The minimum atomic E-state index is -0.252. The first kappa shape index (κ1) is 14.0. The van der Waals surface area contributed by atoms with Crippen LogP contribution >= 0.6 is 0 Å². The van der Waals surface area contributed by atoms with E-state index in [9.17, 15) is 4.79 Å². The van der Waals surface area contributed by atoms with E-state index >= 15 is 0 Å². The van der Waals surface area contributed by atoms with E-state index in [0.717, 1.165) is 31.7 Å². The molecular formula is C15H22N2O2. The van der Waals surface area contributed by atoms with Crippen molar-refractivity contribution in [3.05, 3.63) is 35.4 Å². The Hall–Kier alpha value is -1.39. The number of rotatable bonds is 3. The van der Waals surface area contributed by atoms with E-state index in [0.29, 0.717) is 11.6 Å². The molecule has 0 aromatic heterocycles. The SMILES string of the molecule is COC(=O)c1ccccc1CN1CCN(C)CC1C. The number of nitrogens with zero attached hydrogens (tertiary/aromatic N) is 2. The Kier molecular flexibility index (Phi) is 4.56. The van der Waals surface area contributed by atoms with Gasteiger partial charge >= 0.3 is 5.97 Å². The molecule has 1 aliphatic heterocycles. The van der Waals surface area contributed by atoms with Crippen LogP contribution in [-0.4, -0.2) is 55.6 Å². The average molecular weight is 262 g/mol. The fourth-order valence-corrected chi connectivity index (χ4v) is 2.60. The molecule has 1 heterocycles. The fraction of sp³-hybridized carbons (Fsp3) is 0.533. The Morgan fingerprint density at radius 3 is 2.79 bits per heavy atom. The lowest BCUT2D eigenvalue weighted by atomic mass is 10.1. The molecule has 4 nitrogen and oxygen atoms in total. The number of carbonyl (C=O) groups excluding carboxylic acids is 1. The largest absolute Gasteiger partial charge is 0.465 e. The molecule has 0 saturated carbocycles. The molecule has 1 atom stereocenters. The summed E-state index contributed by atoms with van der Waals surface area (Å²) in [6.45, 7) is 6.22. The quantitative estimate of drug-likeness (QED) is 0.775. The molecule has 0 bridgehead atoms. The number of benzene rings is 1. The number of esters is 1. The molecule has 1 saturated heterocycles. The van der Waals surface area contributed by atoms with Crippen LogP contribution < -0.4 is 0 Å². The standard InChI is InChI=1S/C15H22N2O2/c1-12-10-16(2)8-9-17(12)11-13-6-4-5-7-14(13)15(18)19-3/h4-7,12H,8-11H2,1-3H3. The highest BCUT2D eigenvalue weighted by atomic mass is 16.5. The van der Waals surface area contributed by atoms with Gasteiger partial charge in [-0.1, -0.05) is 18.2 Å². The summed E-state index contributed by atoms with van der Waals surface area (Å²) in [5.74, 6) is -0.252. The Morgan fingerprint density at radius 2 is 2.11 bits per heavy atom. The molecule has 0 N–H and O–H groups in total. The number of carbonyl (C=O) groups is 1. The van der Waals surface area contributed by atoms with Crippen LogP contribution in [0.15, 0.2) is 24.3 Å². The first-order valence-corrected chi connectivity index (χ1v) is 6.70. The smallest absolute Gasteiger partial charge is 0.338 e. The topological polar surface area (TPSA) is 32.8 Å². The van der Waals surface area contributed by atoms with E-state index in [1.165, 1.54) is 7.11 Å². The zero-order valence-corrected chi connectivity index (χ0v) is 11.9. The number of hydrogen-bond acceptors (Lipinski definition) is 4. The Bertz CT molecular complexity index is 448. The van der Waals surface area contributed by atoms with Crippen molar-refractivity contribution in [1.29, 1.82) is 0 Å². The lowest BCUT2D eigenvalue weighted by Gasteiger charge is -2.38. The van der Waals surface area contributed by atoms with Crippen molar-refractivity contribution in [1.82, 2.24) is 9.80 Å². The molecule has 1 fully saturated rings. The van der Waals surface area contributed by atoms with Crippen molar-refractivity contribution in [2.24, 2.45) is 0 Å². The van der Waals surface area contributed by atoms with Crippen molar-refractivity contribution in [2.45, 2.75) is 19.5 Å². The van der Waals surface area contributed by atoms with E-state index in [-0.39, 0.29) is 5.97 Å². The van der Waals surface area contributed by atoms with Crippen molar-refractivity contribution < 1.29 is 9.53 Å². The van der Waals surface area contributed by atoms with Gasteiger partial charge in [0, 0.05) is 32.2 Å². The van der Waals surface area contributed by atoms with Crippen molar-refractivity contribution in [3.8, 4) is 0 Å². The number of hydrogen-bond donors (Lipinski definition) is 0. The Morgan fingerprint density at radius 1 is 1.37 bits per heavy atom. The zero-order valence-electron chi connectivity index (χ0n) is 11.9. The average Bonchev–Trinajstić information content (AvgIpc) is 2.41. The van der Waals surface area contributed by atoms with Gasteiger partial charge in [-0.25, -0.2) is 4.79 Å². The molecule has 1 unspecified atom stereocenters. The second kappa shape index (κ2) is 6.17. The van der Waals surface area contributed by atoms with E-state index in [1.54, 1.807) is 0 Å². The fourth-order valence-electron chi connectivity index (χ4n) is 2.60. The van der Waals surface area contributed by atoms with Crippen LogP contribution in [0.3, 0.4) is 0 Å². The molecule has 1 aliphatic rings. The van der Waals surface area contributed by atoms with Gasteiger partial charge in [0.2, 0.25) is 0 Å². The van der Waals surface area contributed by atoms with Crippen molar-refractivity contribution >= 4 is 5.97 Å². The number of methoxy groups -OCH3 is 1. The highest BCUT2D eigenvalue weighted by molar-refractivity contribution is 5.90. The van der Waals surface area contributed by atoms with Crippen LogP contribution in [0.25, 0.3) is 0 Å². The summed E-state index contributed by atoms with van der Waals surface area (Å²) in [7, 11) is 3.58. The van der Waals surface area contributed by atoms with Crippen LogP contribution in [0, 0.1) is 0 Å². The molecule has 104 valence electrons. The van der Waals surface area contributed by atoms with Gasteiger partial charge in [-0.05, 0) is 25.6 Å². The third-order valence-corrected chi connectivity index (χ3v) is 3.76. The minimum absolute atomic E-state index is 0.252. The van der Waals surface area contributed by atoms with Gasteiger partial charge < -0.3 is 9.64 Å². The summed E-state index contributed by atoms with van der Waals surface area (Å²) in [6.07, 6.45) is 0. The summed E-state index contributed by atoms with van der Waals surface area (Å²) in [5, 5.41) is 0. The maximum Gasteiger partial charge on any atom is 0.338 e. The summed E-state index contributed by atoms with van der Waals surface area (Å²) >= 11 is 0. The van der Waals surface area contributed by atoms with Crippen LogP contribution in [0.1, 0.15) is 22.8 Å². The second-order valence-corrected chi connectivity index (χ2v) is 5.23. The van der Waals surface area contributed by atoms with Gasteiger partial charge in [0.05, 0.1) is 12.7 Å². The van der Waals surface area contributed by atoms with Gasteiger partial charge in [0.15, 0.2) is 0 Å². The molecule has 2 rings (SSSR count). The summed E-state index contributed by atoms with van der Waals surface area (Å²) in [6, 6.07) is 8.20. The number of ether oxygens (including phenoxy) is 1. The Balaban J connectivity index is 2.13. The Labute approximate surface area is 115 Å². The normalized spacial score (nSPS) is 21.3. The monoisotopic (exact) mass is 262 g/mol. The zero-order chi connectivity index (χ0) is 13.8. The molecule has 0 spiro atoms. The second-order valence-electron chi connectivity index (χ2n) is 5.23. The summed E-state index contributed by atoms with van der Waals surface area (Å²) in [5.41, 5.74) is 1.72. The number of piperazine rings is 1.